The number of nitrogens with zero attached hydrogens (tertiary/aromatic N) is 3. The molecule has 1 aromatic heterocycles. The molecule has 0 bridgehead atoms. The summed E-state index contributed by atoms with van der Waals surface area (Å²) < 4.78 is 7.30. The molecule has 4 rings (SSSR count). The maximum Gasteiger partial charge on any atom is 0.227 e. The summed E-state index contributed by atoms with van der Waals surface area (Å²) in [4.78, 5) is 14.9. The molecule has 1 amide bonds. The van der Waals surface area contributed by atoms with Crippen molar-refractivity contribution in [2.24, 2.45) is 17.8 Å². The molecule has 25 heavy (non-hydrogen) atoms. The molecule has 138 valence electrons. The summed E-state index contributed by atoms with van der Waals surface area (Å²) in [7, 11) is 0. The summed E-state index contributed by atoms with van der Waals surface area (Å²) in [5, 5.41) is 7.46. The van der Waals surface area contributed by atoms with E-state index in [9.17, 15) is 4.79 Å². The van der Waals surface area contributed by atoms with Crippen LogP contribution >= 0.6 is 0 Å². The molecule has 0 spiro atoms. The lowest BCUT2D eigenvalue weighted by Gasteiger charge is -2.26. The fourth-order valence-corrected chi connectivity index (χ4v) is 4.45. The van der Waals surface area contributed by atoms with E-state index in [0.717, 1.165) is 57.4 Å². The maximum atomic E-state index is 12.5. The molecule has 2 atom stereocenters. The molecule has 2 heterocycles. The summed E-state index contributed by atoms with van der Waals surface area (Å²) >= 11 is 0. The predicted molar refractivity (Wildman–Crippen MR) is 96.3 cm³/mol. The Morgan fingerprint density at radius 3 is 2.80 bits per heavy atom. The van der Waals surface area contributed by atoms with Crippen LogP contribution in [0.1, 0.15) is 38.5 Å². The number of rotatable bonds is 6. The van der Waals surface area contributed by atoms with Crippen molar-refractivity contribution in [3.63, 3.8) is 0 Å². The zero-order valence-electron chi connectivity index (χ0n) is 15.0. The van der Waals surface area contributed by atoms with Crippen molar-refractivity contribution in [1.29, 1.82) is 0 Å². The lowest BCUT2D eigenvalue weighted by Crippen LogP contribution is -2.38. The molecule has 0 radical (unpaired) electrons. The lowest BCUT2D eigenvalue weighted by atomic mass is 9.85. The van der Waals surface area contributed by atoms with E-state index in [4.69, 9.17) is 4.74 Å². The predicted octanol–water partition coefficient (Wildman–Crippen LogP) is 2.37. The number of hydrogen-bond donors (Lipinski definition) is 1. The quantitative estimate of drug-likeness (QED) is 0.859. The third kappa shape index (κ3) is 4.42. The summed E-state index contributed by atoms with van der Waals surface area (Å²) in [5.74, 6) is 1.86. The van der Waals surface area contributed by atoms with E-state index in [-0.39, 0.29) is 11.8 Å². The highest BCUT2D eigenvalue weighted by Gasteiger charge is 2.47. The molecule has 2 aliphatic carbocycles. The van der Waals surface area contributed by atoms with Gasteiger partial charge in [0.05, 0.1) is 31.6 Å². The first-order chi connectivity index (χ1) is 12.3. The Kier molecular flexibility index (Phi) is 5.36. The average molecular weight is 346 g/mol. The molecule has 1 aromatic rings. The van der Waals surface area contributed by atoms with Crippen LogP contribution in [0.3, 0.4) is 0 Å². The molecule has 3 fully saturated rings. The van der Waals surface area contributed by atoms with Crippen LogP contribution in [0.25, 0.3) is 0 Å². The van der Waals surface area contributed by atoms with Gasteiger partial charge in [0.25, 0.3) is 0 Å². The van der Waals surface area contributed by atoms with Gasteiger partial charge in [-0.05, 0) is 18.3 Å². The van der Waals surface area contributed by atoms with Crippen LogP contribution in [-0.2, 0) is 16.1 Å². The molecule has 0 aromatic carbocycles. The molecule has 2 saturated carbocycles. The van der Waals surface area contributed by atoms with Crippen molar-refractivity contribution in [2.45, 2.75) is 45.1 Å². The van der Waals surface area contributed by atoms with Gasteiger partial charge < -0.3 is 10.1 Å². The lowest BCUT2D eigenvalue weighted by molar-refractivity contribution is -0.117. The number of anilines is 1. The number of carbonyl (C=O) groups excluding carboxylic acids is 1. The van der Waals surface area contributed by atoms with Crippen LogP contribution in [0.2, 0.25) is 0 Å². The molecule has 3 aliphatic rings. The van der Waals surface area contributed by atoms with Gasteiger partial charge >= 0.3 is 0 Å². The Morgan fingerprint density at radius 2 is 2.00 bits per heavy atom. The monoisotopic (exact) mass is 346 g/mol. The normalized spacial score (nSPS) is 28.0. The third-order valence-corrected chi connectivity index (χ3v) is 6.08. The van der Waals surface area contributed by atoms with Gasteiger partial charge in [-0.2, -0.15) is 5.10 Å². The molecular weight excluding hydrogens is 316 g/mol. The maximum absolute atomic E-state index is 12.5. The number of carbonyl (C=O) groups is 1. The van der Waals surface area contributed by atoms with Crippen LogP contribution in [0.5, 0.6) is 0 Å². The van der Waals surface area contributed by atoms with Gasteiger partial charge in [0, 0.05) is 31.7 Å². The van der Waals surface area contributed by atoms with Crippen molar-refractivity contribution >= 4 is 11.6 Å². The van der Waals surface area contributed by atoms with Gasteiger partial charge in [-0.15, -0.1) is 0 Å². The zero-order chi connectivity index (χ0) is 17.1. The van der Waals surface area contributed by atoms with Crippen LogP contribution in [0.4, 0.5) is 5.69 Å². The van der Waals surface area contributed by atoms with E-state index < -0.39 is 0 Å². The number of hydrogen-bond acceptors (Lipinski definition) is 4. The van der Waals surface area contributed by atoms with Crippen molar-refractivity contribution in [3.05, 3.63) is 12.4 Å². The van der Waals surface area contributed by atoms with Gasteiger partial charge in [0.1, 0.15) is 0 Å². The number of aromatic nitrogens is 2. The first-order valence-corrected chi connectivity index (χ1v) is 9.93. The largest absolute Gasteiger partial charge is 0.379 e. The van der Waals surface area contributed by atoms with Crippen molar-refractivity contribution in [2.75, 3.05) is 38.2 Å². The topological polar surface area (TPSA) is 59.4 Å². The standard InChI is InChI=1S/C19H30N4O2/c24-19(18-12-17(18)15-4-2-1-3-5-15)21-16-13-20-23(14-16)7-6-22-8-10-25-11-9-22/h13-15,17-18H,1-12H2,(H,21,24)/t17-,18+/m0/s1. The van der Waals surface area contributed by atoms with Crippen LogP contribution < -0.4 is 5.32 Å². The fraction of sp³-hybridized carbons (Fsp3) is 0.789. The van der Waals surface area contributed by atoms with E-state index in [1.165, 1.54) is 32.1 Å². The van der Waals surface area contributed by atoms with E-state index in [2.05, 4.69) is 15.3 Å². The Labute approximate surface area is 149 Å². The number of ether oxygens (including phenoxy) is 1. The van der Waals surface area contributed by atoms with E-state index in [1.807, 2.05) is 10.9 Å². The summed E-state index contributed by atoms with van der Waals surface area (Å²) in [6.07, 6.45) is 11.6. The third-order valence-electron chi connectivity index (χ3n) is 6.08. The van der Waals surface area contributed by atoms with Gasteiger partial charge in [-0.25, -0.2) is 0 Å². The van der Waals surface area contributed by atoms with Crippen molar-refractivity contribution < 1.29 is 9.53 Å². The second kappa shape index (κ2) is 7.87. The molecule has 0 unspecified atom stereocenters. The van der Waals surface area contributed by atoms with Gasteiger partial charge in [-0.3, -0.25) is 14.4 Å². The Bertz CT molecular complexity index is 576. The Balaban J connectivity index is 1.22. The highest BCUT2D eigenvalue weighted by molar-refractivity contribution is 5.94. The Hall–Kier alpha value is -1.40. The molecule has 1 saturated heterocycles. The Morgan fingerprint density at radius 1 is 1.20 bits per heavy atom. The second-order valence-electron chi connectivity index (χ2n) is 7.84. The van der Waals surface area contributed by atoms with E-state index >= 15 is 0 Å². The summed E-state index contributed by atoms with van der Waals surface area (Å²) in [6.45, 7) is 5.47. The number of morpholine rings is 1. The highest BCUT2D eigenvalue weighted by Crippen LogP contribution is 2.49. The summed E-state index contributed by atoms with van der Waals surface area (Å²) in [6, 6.07) is 0. The van der Waals surface area contributed by atoms with Crippen LogP contribution in [-0.4, -0.2) is 53.4 Å². The highest BCUT2D eigenvalue weighted by atomic mass is 16.5. The van der Waals surface area contributed by atoms with Gasteiger partial charge in [-0.1, -0.05) is 32.1 Å². The summed E-state index contributed by atoms with van der Waals surface area (Å²) in [5.41, 5.74) is 0.835. The number of amides is 1. The second-order valence-corrected chi connectivity index (χ2v) is 7.84. The minimum Gasteiger partial charge on any atom is -0.379 e. The first-order valence-electron chi connectivity index (χ1n) is 9.93. The molecule has 6 heteroatoms. The molecular formula is C19H30N4O2. The van der Waals surface area contributed by atoms with Gasteiger partial charge in [0.15, 0.2) is 0 Å². The van der Waals surface area contributed by atoms with Crippen LogP contribution in [0.15, 0.2) is 12.4 Å². The smallest absolute Gasteiger partial charge is 0.227 e. The van der Waals surface area contributed by atoms with Crippen molar-refractivity contribution in [1.82, 2.24) is 14.7 Å². The molecule has 6 nitrogen and oxygen atoms in total. The first kappa shape index (κ1) is 17.0. The SMILES string of the molecule is O=C(Nc1cnn(CCN2CCOCC2)c1)[C@@H]1C[C@H]1C1CCCCC1. The molecule has 1 aliphatic heterocycles. The van der Waals surface area contributed by atoms with Crippen molar-refractivity contribution in [3.8, 4) is 0 Å². The fourth-order valence-electron chi connectivity index (χ4n) is 4.45. The zero-order valence-corrected chi connectivity index (χ0v) is 15.0. The van der Waals surface area contributed by atoms with E-state index in [1.54, 1.807) is 6.20 Å². The average Bonchev–Trinajstić information content (AvgIpc) is 3.35. The van der Waals surface area contributed by atoms with E-state index in [0.29, 0.717) is 5.92 Å². The minimum atomic E-state index is 0.198. The van der Waals surface area contributed by atoms with Gasteiger partial charge in [0.2, 0.25) is 5.91 Å². The number of nitrogens with one attached hydrogen (secondary N) is 1. The minimum absolute atomic E-state index is 0.198. The molecule has 1 N–H and O–H groups in total. The van der Waals surface area contributed by atoms with Crippen LogP contribution in [0, 0.1) is 17.8 Å².